The molecule has 0 saturated carbocycles. The summed E-state index contributed by atoms with van der Waals surface area (Å²) in [6.45, 7) is 8.15. The second-order valence-electron chi connectivity index (χ2n) is 12.1. The zero-order chi connectivity index (χ0) is 29.6. The van der Waals surface area contributed by atoms with Gasteiger partial charge in [0.05, 0.1) is 30.7 Å². The third-order valence-corrected chi connectivity index (χ3v) is 9.68. The fraction of sp³-hybridized carbons (Fsp3) is 0.643. The molecule has 2 saturated heterocycles. The number of rotatable bonds is 6. The van der Waals surface area contributed by atoms with E-state index < -0.39 is 11.0 Å². The predicted molar refractivity (Wildman–Crippen MR) is 155 cm³/mol. The minimum atomic E-state index is -1.09. The molecular weight excluding hydrogens is 558 g/mol. The predicted octanol–water partition coefficient (Wildman–Crippen LogP) is 2.53. The Morgan fingerprint density at radius 2 is 2.02 bits per heavy atom. The molecule has 224 valence electrons. The van der Waals surface area contributed by atoms with Gasteiger partial charge in [0.25, 0.3) is 0 Å². The number of likely N-dealkylation sites (N-methyl/N-ethyl adjacent to an activating group) is 1. The molecule has 0 radical (unpaired) electrons. The van der Waals surface area contributed by atoms with Gasteiger partial charge in [0.1, 0.15) is 22.8 Å². The normalized spacial score (nSPS) is 27.3. The van der Waals surface area contributed by atoms with Crippen molar-refractivity contribution in [1.82, 2.24) is 30.0 Å². The molecule has 3 aromatic heterocycles. The van der Waals surface area contributed by atoms with Gasteiger partial charge in [-0.05, 0) is 66.5 Å². The molecule has 1 unspecified atom stereocenters. The summed E-state index contributed by atoms with van der Waals surface area (Å²) < 4.78 is 17.8. The first-order chi connectivity index (χ1) is 20.1. The van der Waals surface area contributed by atoms with E-state index in [0.717, 1.165) is 49.1 Å². The second-order valence-corrected chi connectivity index (χ2v) is 13.2. The standard InChI is InChI=1S/C28H37N9O4S/c1-16(18-7-6-10-36(18)4)40-26-33-22(32-25(34-26)37-11-12-39-15-27(2,38)14-37)23-31-24(41-35-23)28(3)9-5-8-19-20(28)17(13-29)21(30)42-19/h16,18,38H,5-12,14-15,30H2,1-4H3/t16-,18-,27?,28-/m0/s1. The SMILES string of the molecule is C[C@H](Oc1nc(-c2noc([C@@]3(C)CCCc4sc(N)c(C#N)c43)n2)nc(N2CCOCC(C)(O)C2)n1)[C@@H]1CCCN1C. The molecule has 2 aliphatic heterocycles. The van der Waals surface area contributed by atoms with Crippen LogP contribution in [0, 0.1) is 11.3 Å². The van der Waals surface area contributed by atoms with E-state index in [4.69, 9.17) is 29.7 Å². The Labute approximate surface area is 248 Å². The third kappa shape index (κ3) is 5.30. The van der Waals surface area contributed by atoms with Crippen molar-refractivity contribution in [3.05, 3.63) is 21.9 Å². The van der Waals surface area contributed by atoms with Crippen LogP contribution in [0.2, 0.25) is 0 Å². The van der Waals surface area contributed by atoms with Gasteiger partial charge in [-0.2, -0.15) is 25.2 Å². The highest BCUT2D eigenvalue weighted by Crippen LogP contribution is 2.48. The second kappa shape index (κ2) is 11.0. The lowest BCUT2D eigenvalue weighted by Crippen LogP contribution is -2.42. The number of nitrogen functional groups attached to an aromatic ring is 1. The fourth-order valence-electron chi connectivity index (χ4n) is 6.44. The molecule has 14 heteroatoms. The molecule has 1 aliphatic carbocycles. The molecule has 42 heavy (non-hydrogen) atoms. The van der Waals surface area contributed by atoms with Crippen LogP contribution in [-0.2, 0) is 16.6 Å². The summed E-state index contributed by atoms with van der Waals surface area (Å²) in [7, 11) is 2.10. The summed E-state index contributed by atoms with van der Waals surface area (Å²) in [4.78, 5) is 24.0. The number of likely N-dealkylation sites (tertiary alicyclic amines) is 1. The Morgan fingerprint density at radius 3 is 2.79 bits per heavy atom. The number of β-amino-alcohol motifs (C(OH)–C–C–N with tert-alkyl or cyclic N) is 1. The van der Waals surface area contributed by atoms with E-state index in [1.807, 2.05) is 18.7 Å². The number of thiophene rings is 1. The van der Waals surface area contributed by atoms with Gasteiger partial charge in [-0.15, -0.1) is 11.3 Å². The fourth-order valence-corrected chi connectivity index (χ4v) is 7.63. The zero-order valence-corrected chi connectivity index (χ0v) is 25.3. The highest BCUT2D eigenvalue weighted by atomic mass is 32.1. The van der Waals surface area contributed by atoms with Crippen LogP contribution in [0.1, 0.15) is 68.3 Å². The molecule has 3 N–H and O–H groups in total. The number of aryl methyl sites for hydroxylation is 1. The van der Waals surface area contributed by atoms with Crippen molar-refractivity contribution in [1.29, 1.82) is 5.26 Å². The van der Waals surface area contributed by atoms with Gasteiger partial charge >= 0.3 is 6.01 Å². The molecule has 3 aromatic rings. The first kappa shape index (κ1) is 28.7. The molecule has 13 nitrogen and oxygen atoms in total. The number of nitrogens with two attached hydrogens (primary N) is 1. The van der Waals surface area contributed by atoms with E-state index in [2.05, 4.69) is 33.1 Å². The van der Waals surface area contributed by atoms with Crippen molar-refractivity contribution in [2.45, 2.75) is 76.0 Å². The third-order valence-electron chi connectivity index (χ3n) is 8.60. The molecule has 3 aliphatic rings. The lowest BCUT2D eigenvalue weighted by atomic mass is 9.72. The average molecular weight is 596 g/mol. The largest absolute Gasteiger partial charge is 0.459 e. The number of fused-ring (bicyclic) bond motifs is 1. The average Bonchev–Trinajstić information content (AvgIpc) is 3.66. The summed E-state index contributed by atoms with van der Waals surface area (Å²) in [6.07, 6.45) is 4.48. The van der Waals surface area contributed by atoms with Gasteiger partial charge in [0.15, 0.2) is 0 Å². The zero-order valence-electron chi connectivity index (χ0n) is 24.5. The lowest BCUT2D eigenvalue weighted by molar-refractivity contribution is -0.0123. The van der Waals surface area contributed by atoms with Gasteiger partial charge in [-0.1, -0.05) is 5.16 Å². The van der Waals surface area contributed by atoms with Crippen LogP contribution >= 0.6 is 11.3 Å². The van der Waals surface area contributed by atoms with Crippen LogP contribution < -0.4 is 15.4 Å². The van der Waals surface area contributed by atoms with E-state index in [1.165, 1.54) is 11.3 Å². The van der Waals surface area contributed by atoms with Crippen LogP contribution in [0.4, 0.5) is 10.9 Å². The summed E-state index contributed by atoms with van der Waals surface area (Å²) in [5, 5.41) is 25.5. The van der Waals surface area contributed by atoms with Crippen molar-refractivity contribution in [2.75, 3.05) is 50.5 Å². The molecule has 0 spiro atoms. The molecule has 4 atom stereocenters. The van der Waals surface area contributed by atoms with Gasteiger partial charge in [-0.3, -0.25) is 4.90 Å². The monoisotopic (exact) mass is 595 g/mol. The van der Waals surface area contributed by atoms with E-state index in [0.29, 0.717) is 35.6 Å². The van der Waals surface area contributed by atoms with Gasteiger partial charge < -0.3 is 29.7 Å². The summed E-state index contributed by atoms with van der Waals surface area (Å²) >= 11 is 1.46. The maximum Gasteiger partial charge on any atom is 0.322 e. The number of hydrogen-bond donors (Lipinski definition) is 2. The van der Waals surface area contributed by atoms with E-state index in [-0.39, 0.29) is 43.0 Å². The van der Waals surface area contributed by atoms with Crippen LogP contribution in [0.5, 0.6) is 6.01 Å². The Balaban J connectivity index is 1.38. The number of anilines is 2. The van der Waals surface area contributed by atoms with Crippen molar-refractivity contribution < 1.29 is 19.1 Å². The van der Waals surface area contributed by atoms with Crippen LogP contribution in [-0.4, -0.2) is 92.7 Å². The molecule has 0 bridgehead atoms. The van der Waals surface area contributed by atoms with Gasteiger partial charge in [-0.25, -0.2) is 0 Å². The quantitative estimate of drug-likeness (QED) is 0.426. The number of nitriles is 1. The highest BCUT2D eigenvalue weighted by Gasteiger charge is 2.43. The van der Waals surface area contributed by atoms with Crippen LogP contribution in [0.25, 0.3) is 11.6 Å². The molecule has 0 aromatic carbocycles. The van der Waals surface area contributed by atoms with Gasteiger partial charge in [0.2, 0.25) is 23.5 Å². The van der Waals surface area contributed by atoms with Crippen molar-refractivity contribution in [2.24, 2.45) is 0 Å². The minimum absolute atomic E-state index is 0.155. The smallest absolute Gasteiger partial charge is 0.322 e. The minimum Gasteiger partial charge on any atom is -0.459 e. The molecule has 6 rings (SSSR count). The maximum absolute atomic E-state index is 10.8. The lowest BCUT2D eigenvalue weighted by Gasteiger charge is -2.30. The number of aliphatic hydroxyl groups is 1. The Morgan fingerprint density at radius 1 is 1.19 bits per heavy atom. The van der Waals surface area contributed by atoms with E-state index in [1.54, 1.807) is 6.92 Å². The van der Waals surface area contributed by atoms with E-state index >= 15 is 0 Å². The number of aromatic nitrogens is 5. The molecule has 2 fully saturated rings. The topological polar surface area (TPSA) is 173 Å². The first-order valence-corrected chi connectivity index (χ1v) is 15.2. The van der Waals surface area contributed by atoms with Crippen LogP contribution in [0.3, 0.4) is 0 Å². The van der Waals surface area contributed by atoms with Gasteiger partial charge in [0, 0.05) is 23.0 Å². The number of ether oxygens (including phenoxy) is 2. The van der Waals surface area contributed by atoms with Crippen molar-refractivity contribution >= 4 is 22.3 Å². The van der Waals surface area contributed by atoms with Crippen molar-refractivity contribution in [3.8, 4) is 23.7 Å². The molecule has 0 amide bonds. The maximum atomic E-state index is 10.8. The van der Waals surface area contributed by atoms with E-state index in [9.17, 15) is 10.4 Å². The first-order valence-electron chi connectivity index (χ1n) is 14.4. The molecular formula is C28H37N9O4S. The Bertz CT molecular complexity index is 1500. The Kier molecular flexibility index (Phi) is 7.55. The Hall–Kier alpha value is -3.38. The summed E-state index contributed by atoms with van der Waals surface area (Å²) in [5.41, 5.74) is 5.81. The van der Waals surface area contributed by atoms with Crippen molar-refractivity contribution in [3.63, 3.8) is 0 Å². The number of hydrogen-bond acceptors (Lipinski definition) is 14. The molecule has 5 heterocycles. The van der Waals surface area contributed by atoms with Crippen LogP contribution in [0.15, 0.2) is 4.52 Å². The highest BCUT2D eigenvalue weighted by molar-refractivity contribution is 7.16. The number of nitrogens with zero attached hydrogens (tertiary/aromatic N) is 8. The summed E-state index contributed by atoms with van der Waals surface area (Å²) in [5.74, 6) is 1.11. The summed E-state index contributed by atoms with van der Waals surface area (Å²) in [6, 6.07) is 2.68.